The van der Waals surface area contributed by atoms with E-state index in [1.807, 2.05) is 6.07 Å². The SMILES string of the molecule is N#CCc1cc(C(F)F)c(CCl)c(N)n1. The van der Waals surface area contributed by atoms with E-state index >= 15 is 0 Å². The van der Waals surface area contributed by atoms with Gasteiger partial charge in [-0.15, -0.1) is 11.6 Å². The Balaban J connectivity index is 3.27. The average molecular weight is 232 g/mol. The first-order chi connectivity index (χ1) is 7.10. The third kappa shape index (κ3) is 2.54. The summed E-state index contributed by atoms with van der Waals surface area (Å²) in [6.45, 7) is 0. The minimum absolute atomic E-state index is 0.0342. The molecule has 0 saturated heterocycles. The molecule has 3 nitrogen and oxygen atoms in total. The molecule has 0 radical (unpaired) electrons. The minimum Gasteiger partial charge on any atom is -0.383 e. The van der Waals surface area contributed by atoms with Crippen LogP contribution in [0.4, 0.5) is 14.6 Å². The summed E-state index contributed by atoms with van der Waals surface area (Å²) in [7, 11) is 0. The summed E-state index contributed by atoms with van der Waals surface area (Å²) in [5, 5.41) is 8.42. The Morgan fingerprint density at radius 3 is 2.73 bits per heavy atom. The Morgan fingerprint density at radius 1 is 1.60 bits per heavy atom. The molecule has 80 valence electrons. The highest BCUT2D eigenvalue weighted by Gasteiger charge is 2.17. The molecule has 15 heavy (non-hydrogen) atoms. The lowest BCUT2D eigenvalue weighted by atomic mass is 10.1. The number of hydrogen-bond acceptors (Lipinski definition) is 3. The lowest BCUT2D eigenvalue weighted by Crippen LogP contribution is -2.05. The summed E-state index contributed by atoms with van der Waals surface area (Å²) in [5.41, 5.74) is 5.58. The number of aromatic nitrogens is 1. The Hall–Kier alpha value is -1.41. The largest absolute Gasteiger partial charge is 0.383 e. The normalized spacial score (nSPS) is 10.3. The van der Waals surface area contributed by atoms with Crippen LogP contribution in [0.5, 0.6) is 0 Å². The standard InChI is InChI=1S/C9H8ClF2N3/c10-4-7-6(8(11)12)3-5(1-2-13)15-9(7)14/h3,8H,1,4H2,(H2,14,15). The number of nitriles is 1. The van der Waals surface area contributed by atoms with Crippen LogP contribution in [0, 0.1) is 11.3 Å². The van der Waals surface area contributed by atoms with Gasteiger partial charge in [-0.05, 0) is 6.07 Å². The van der Waals surface area contributed by atoms with Crippen LogP contribution >= 0.6 is 11.6 Å². The van der Waals surface area contributed by atoms with E-state index in [4.69, 9.17) is 22.6 Å². The molecule has 0 aliphatic carbocycles. The van der Waals surface area contributed by atoms with Crippen LogP contribution in [0.3, 0.4) is 0 Å². The summed E-state index contributed by atoms with van der Waals surface area (Å²) in [6.07, 6.45) is -2.71. The van der Waals surface area contributed by atoms with Gasteiger partial charge < -0.3 is 5.73 Å². The van der Waals surface area contributed by atoms with E-state index in [9.17, 15) is 8.78 Å². The first kappa shape index (κ1) is 11.7. The Labute approximate surface area is 90.5 Å². The Kier molecular flexibility index (Phi) is 3.81. The number of halogens is 3. The molecule has 2 N–H and O–H groups in total. The van der Waals surface area contributed by atoms with Gasteiger partial charge in [0.2, 0.25) is 0 Å². The number of pyridine rings is 1. The molecule has 1 aromatic heterocycles. The smallest absolute Gasteiger partial charge is 0.264 e. The number of nitrogens with two attached hydrogens (primary N) is 1. The summed E-state index contributed by atoms with van der Waals surface area (Å²) in [5.74, 6) is -0.154. The summed E-state index contributed by atoms with van der Waals surface area (Å²) >= 11 is 5.49. The molecule has 0 atom stereocenters. The van der Waals surface area contributed by atoms with Crippen molar-refractivity contribution in [3.8, 4) is 6.07 Å². The average Bonchev–Trinajstić information content (AvgIpc) is 2.17. The van der Waals surface area contributed by atoms with Crippen LogP contribution < -0.4 is 5.73 Å². The zero-order valence-electron chi connectivity index (χ0n) is 7.67. The van der Waals surface area contributed by atoms with Gasteiger partial charge >= 0.3 is 0 Å². The van der Waals surface area contributed by atoms with Crippen molar-refractivity contribution in [1.29, 1.82) is 5.26 Å². The van der Waals surface area contributed by atoms with Crippen molar-refractivity contribution in [2.75, 3.05) is 5.73 Å². The van der Waals surface area contributed by atoms with Gasteiger partial charge in [-0.2, -0.15) is 5.26 Å². The summed E-state index contributed by atoms with van der Waals surface area (Å²) in [4.78, 5) is 3.81. The first-order valence-corrected chi connectivity index (χ1v) is 4.62. The van der Waals surface area contributed by atoms with Crippen LogP contribution in [0.2, 0.25) is 0 Å². The number of alkyl halides is 3. The second-order valence-electron chi connectivity index (χ2n) is 2.84. The fourth-order valence-electron chi connectivity index (χ4n) is 1.18. The van der Waals surface area contributed by atoms with E-state index in [2.05, 4.69) is 4.98 Å². The van der Waals surface area contributed by atoms with Gasteiger partial charge in [0.05, 0.1) is 24.1 Å². The van der Waals surface area contributed by atoms with Gasteiger partial charge in [-0.25, -0.2) is 13.8 Å². The molecule has 0 saturated carbocycles. The van der Waals surface area contributed by atoms with Crippen molar-refractivity contribution in [1.82, 2.24) is 4.98 Å². The molecule has 1 heterocycles. The fourth-order valence-corrected chi connectivity index (χ4v) is 1.47. The zero-order chi connectivity index (χ0) is 11.4. The van der Waals surface area contributed by atoms with E-state index in [1.54, 1.807) is 0 Å². The van der Waals surface area contributed by atoms with Gasteiger partial charge in [0, 0.05) is 11.1 Å². The molecular weight excluding hydrogens is 224 g/mol. The van der Waals surface area contributed by atoms with Crippen LogP contribution in [0.1, 0.15) is 23.2 Å². The molecule has 1 aromatic rings. The van der Waals surface area contributed by atoms with Crippen LogP contribution in [0.15, 0.2) is 6.07 Å². The Bertz CT molecular complexity index is 401. The van der Waals surface area contributed by atoms with E-state index in [-0.39, 0.29) is 34.9 Å². The van der Waals surface area contributed by atoms with Crippen molar-refractivity contribution < 1.29 is 8.78 Å². The molecule has 0 spiro atoms. The number of hydrogen-bond donors (Lipinski definition) is 1. The molecule has 0 amide bonds. The monoisotopic (exact) mass is 231 g/mol. The number of nitrogens with zero attached hydrogens (tertiary/aromatic N) is 2. The predicted octanol–water partition coefficient (Wildman–Crippen LogP) is 2.41. The van der Waals surface area contributed by atoms with Crippen molar-refractivity contribution in [3.63, 3.8) is 0 Å². The third-order valence-electron chi connectivity index (χ3n) is 1.87. The quantitative estimate of drug-likeness (QED) is 0.813. The van der Waals surface area contributed by atoms with Gasteiger partial charge in [-0.1, -0.05) is 0 Å². The highest BCUT2D eigenvalue weighted by molar-refractivity contribution is 6.17. The number of anilines is 1. The number of nitrogen functional groups attached to an aromatic ring is 1. The third-order valence-corrected chi connectivity index (χ3v) is 2.14. The fraction of sp³-hybridized carbons (Fsp3) is 0.333. The van der Waals surface area contributed by atoms with E-state index < -0.39 is 6.43 Å². The predicted molar refractivity (Wildman–Crippen MR) is 52.5 cm³/mol. The van der Waals surface area contributed by atoms with Crippen LogP contribution in [0.25, 0.3) is 0 Å². The number of rotatable bonds is 3. The van der Waals surface area contributed by atoms with Crippen molar-refractivity contribution in [2.45, 2.75) is 18.7 Å². The lowest BCUT2D eigenvalue weighted by Gasteiger charge is -2.10. The maximum atomic E-state index is 12.6. The van der Waals surface area contributed by atoms with Gasteiger partial charge in [-0.3, -0.25) is 0 Å². The molecule has 0 fully saturated rings. The molecule has 0 aromatic carbocycles. The Morgan fingerprint density at radius 2 is 2.27 bits per heavy atom. The van der Waals surface area contributed by atoms with Crippen molar-refractivity contribution >= 4 is 17.4 Å². The maximum absolute atomic E-state index is 12.6. The molecule has 6 heteroatoms. The second-order valence-corrected chi connectivity index (χ2v) is 3.10. The molecule has 0 aliphatic heterocycles. The first-order valence-electron chi connectivity index (χ1n) is 4.09. The van der Waals surface area contributed by atoms with Gasteiger partial charge in [0.25, 0.3) is 6.43 Å². The van der Waals surface area contributed by atoms with Gasteiger partial charge in [0.15, 0.2) is 0 Å². The summed E-state index contributed by atoms with van der Waals surface area (Å²) in [6, 6.07) is 2.99. The molecule has 0 unspecified atom stereocenters. The van der Waals surface area contributed by atoms with E-state index in [1.165, 1.54) is 6.07 Å². The maximum Gasteiger partial charge on any atom is 0.264 e. The van der Waals surface area contributed by atoms with E-state index in [0.717, 1.165) is 0 Å². The molecule has 0 aliphatic rings. The highest BCUT2D eigenvalue weighted by atomic mass is 35.5. The highest BCUT2D eigenvalue weighted by Crippen LogP contribution is 2.28. The van der Waals surface area contributed by atoms with Crippen molar-refractivity contribution in [3.05, 3.63) is 22.9 Å². The summed E-state index contributed by atoms with van der Waals surface area (Å²) < 4.78 is 25.2. The lowest BCUT2D eigenvalue weighted by molar-refractivity contribution is 0.150. The second kappa shape index (κ2) is 4.89. The van der Waals surface area contributed by atoms with Gasteiger partial charge in [0.1, 0.15) is 5.82 Å². The van der Waals surface area contributed by atoms with Crippen LogP contribution in [-0.2, 0) is 12.3 Å². The zero-order valence-corrected chi connectivity index (χ0v) is 8.43. The van der Waals surface area contributed by atoms with Crippen LogP contribution in [-0.4, -0.2) is 4.98 Å². The molecule has 1 rings (SSSR count). The molecular formula is C9H8ClF2N3. The topological polar surface area (TPSA) is 62.7 Å². The minimum atomic E-state index is -2.67. The molecule has 0 bridgehead atoms. The van der Waals surface area contributed by atoms with Crippen molar-refractivity contribution in [2.24, 2.45) is 0 Å². The van der Waals surface area contributed by atoms with E-state index in [0.29, 0.717) is 0 Å².